The largest absolute Gasteiger partial charge is 0.486 e. The highest BCUT2D eigenvalue weighted by atomic mass is 32.2. The van der Waals surface area contributed by atoms with Crippen molar-refractivity contribution in [3.63, 3.8) is 0 Å². The molecular formula is C17H19N3O7S2. The average Bonchev–Trinajstić information content (AvgIpc) is 2.71. The molecule has 29 heavy (non-hydrogen) atoms. The average molecular weight is 441 g/mol. The molecule has 0 bridgehead atoms. The summed E-state index contributed by atoms with van der Waals surface area (Å²) < 4.78 is 60.6. The van der Waals surface area contributed by atoms with Gasteiger partial charge in [0.25, 0.3) is 15.9 Å². The van der Waals surface area contributed by atoms with E-state index in [0.29, 0.717) is 24.7 Å². The molecule has 1 aliphatic rings. The van der Waals surface area contributed by atoms with Gasteiger partial charge in [-0.3, -0.25) is 10.2 Å². The minimum atomic E-state index is -4.11. The van der Waals surface area contributed by atoms with Gasteiger partial charge < -0.3 is 9.47 Å². The standard InChI is InChI=1S/C17H19N3O7S2/c1-20(2)29(24,25)14-6-4-13(5-7-14)28(22,23)19-18-17(21)12-3-8-15-16(11-12)27-10-9-26-15/h3-8,11,19H,9-10H2,1-2H3,(H,18,21). The molecule has 1 heterocycles. The molecule has 2 aromatic rings. The minimum absolute atomic E-state index is 0.0539. The number of carbonyl (C=O) groups is 1. The van der Waals surface area contributed by atoms with Gasteiger partial charge in [-0.05, 0) is 42.5 Å². The summed E-state index contributed by atoms with van der Waals surface area (Å²) in [4.78, 5) is 14.0. The number of nitrogens with zero attached hydrogens (tertiary/aromatic N) is 1. The lowest BCUT2D eigenvalue weighted by Crippen LogP contribution is -2.41. The summed E-state index contributed by atoms with van der Waals surface area (Å²) in [5.74, 6) is 0.197. The monoisotopic (exact) mass is 441 g/mol. The predicted molar refractivity (Wildman–Crippen MR) is 103 cm³/mol. The summed E-state index contributed by atoms with van der Waals surface area (Å²) in [6.45, 7) is 0.761. The van der Waals surface area contributed by atoms with Gasteiger partial charge in [-0.15, -0.1) is 4.83 Å². The van der Waals surface area contributed by atoms with E-state index in [2.05, 4.69) is 5.43 Å². The Kier molecular flexibility index (Phi) is 5.80. The van der Waals surface area contributed by atoms with Crippen molar-refractivity contribution >= 4 is 26.0 Å². The quantitative estimate of drug-likeness (QED) is 0.618. The SMILES string of the molecule is CN(C)S(=O)(=O)c1ccc(S(=O)(=O)NNC(=O)c2ccc3c(c2)OCCO3)cc1. The molecule has 0 atom stereocenters. The van der Waals surface area contributed by atoms with Crippen LogP contribution in [0.2, 0.25) is 0 Å². The van der Waals surface area contributed by atoms with E-state index >= 15 is 0 Å². The molecule has 2 aromatic carbocycles. The number of fused-ring (bicyclic) bond motifs is 1. The van der Waals surface area contributed by atoms with E-state index in [9.17, 15) is 21.6 Å². The van der Waals surface area contributed by atoms with E-state index in [1.807, 2.05) is 4.83 Å². The third-order valence-corrected chi connectivity index (χ3v) is 7.11. The molecule has 1 amide bonds. The van der Waals surface area contributed by atoms with E-state index in [1.165, 1.54) is 38.4 Å². The van der Waals surface area contributed by atoms with Gasteiger partial charge in [-0.1, -0.05) is 0 Å². The van der Waals surface area contributed by atoms with E-state index in [1.54, 1.807) is 6.07 Å². The molecule has 156 valence electrons. The van der Waals surface area contributed by atoms with Crippen LogP contribution in [0.4, 0.5) is 0 Å². The minimum Gasteiger partial charge on any atom is -0.486 e. The maximum absolute atomic E-state index is 12.4. The zero-order valence-corrected chi connectivity index (χ0v) is 17.2. The van der Waals surface area contributed by atoms with Crippen LogP contribution in [0, 0.1) is 0 Å². The van der Waals surface area contributed by atoms with Crippen LogP contribution in [0.5, 0.6) is 11.5 Å². The predicted octanol–water partition coefficient (Wildman–Crippen LogP) is 0.331. The molecule has 3 rings (SSSR count). The number of sulfonamides is 2. The maximum atomic E-state index is 12.4. The van der Waals surface area contributed by atoms with Gasteiger partial charge in [0.15, 0.2) is 11.5 Å². The van der Waals surface area contributed by atoms with Crippen molar-refractivity contribution in [3.05, 3.63) is 48.0 Å². The van der Waals surface area contributed by atoms with Crippen LogP contribution < -0.4 is 19.7 Å². The molecule has 0 aliphatic carbocycles. The zero-order chi connectivity index (χ0) is 21.2. The summed E-state index contributed by atoms with van der Waals surface area (Å²) in [6.07, 6.45) is 0. The smallest absolute Gasteiger partial charge is 0.266 e. The Labute approximate surface area is 168 Å². The molecule has 0 unspecified atom stereocenters. The molecule has 2 N–H and O–H groups in total. The van der Waals surface area contributed by atoms with Gasteiger partial charge in [0.05, 0.1) is 9.79 Å². The van der Waals surface area contributed by atoms with Gasteiger partial charge in [-0.2, -0.15) is 0 Å². The third kappa shape index (κ3) is 4.50. The second-order valence-corrected chi connectivity index (χ2v) is 10.0. The van der Waals surface area contributed by atoms with Gasteiger partial charge >= 0.3 is 0 Å². The van der Waals surface area contributed by atoms with Gasteiger partial charge in [0, 0.05) is 19.7 Å². The lowest BCUT2D eigenvalue weighted by Gasteiger charge is -2.18. The van der Waals surface area contributed by atoms with Gasteiger partial charge in [-0.25, -0.2) is 21.1 Å². The van der Waals surface area contributed by atoms with Crippen molar-refractivity contribution in [2.24, 2.45) is 0 Å². The van der Waals surface area contributed by atoms with Crippen molar-refractivity contribution in [1.82, 2.24) is 14.6 Å². The molecule has 0 radical (unpaired) electrons. The number of hydrogen-bond acceptors (Lipinski definition) is 7. The highest BCUT2D eigenvalue weighted by Crippen LogP contribution is 2.30. The summed E-state index contributed by atoms with van der Waals surface area (Å²) in [6, 6.07) is 9.09. The fourth-order valence-electron chi connectivity index (χ4n) is 2.43. The van der Waals surface area contributed by atoms with E-state index in [0.717, 1.165) is 16.4 Å². The van der Waals surface area contributed by atoms with E-state index in [4.69, 9.17) is 9.47 Å². The number of hydrazine groups is 1. The Morgan fingerprint density at radius 3 is 2.10 bits per heavy atom. The Bertz CT molecular complexity index is 1130. The molecular weight excluding hydrogens is 422 g/mol. The highest BCUT2D eigenvalue weighted by molar-refractivity contribution is 7.89. The normalized spacial score (nSPS) is 13.9. The summed E-state index contributed by atoms with van der Waals surface area (Å²) in [5.41, 5.74) is 2.28. The number of hydrogen-bond donors (Lipinski definition) is 2. The van der Waals surface area contributed by atoms with Gasteiger partial charge in [0.2, 0.25) is 10.0 Å². The Balaban J connectivity index is 1.70. The lowest BCUT2D eigenvalue weighted by molar-refractivity contribution is 0.0944. The van der Waals surface area contributed by atoms with E-state index in [-0.39, 0.29) is 15.4 Å². The number of nitrogens with one attached hydrogen (secondary N) is 2. The number of amides is 1. The lowest BCUT2D eigenvalue weighted by atomic mass is 10.2. The second kappa shape index (κ2) is 7.99. The number of carbonyl (C=O) groups excluding carboxylic acids is 1. The highest BCUT2D eigenvalue weighted by Gasteiger charge is 2.21. The van der Waals surface area contributed by atoms with Gasteiger partial charge in [0.1, 0.15) is 13.2 Å². The molecule has 0 aromatic heterocycles. The Morgan fingerprint density at radius 1 is 0.897 bits per heavy atom. The van der Waals surface area contributed by atoms with Crippen LogP contribution in [0.3, 0.4) is 0 Å². The summed E-state index contributed by atoms with van der Waals surface area (Å²) >= 11 is 0. The van der Waals surface area contributed by atoms with Crippen LogP contribution >= 0.6 is 0 Å². The molecule has 0 fully saturated rings. The van der Waals surface area contributed by atoms with E-state index < -0.39 is 26.0 Å². The fraction of sp³-hybridized carbons (Fsp3) is 0.235. The summed E-state index contributed by atoms with van der Waals surface area (Å²) in [5, 5.41) is 0. The first-order valence-corrected chi connectivity index (χ1v) is 11.3. The Morgan fingerprint density at radius 2 is 1.48 bits per heavy atom. The van der Waals surface area contributed by atoms with Crippen molar-refractivity contribution in [3.8, 4) is 11.5 Å². The van der Waals surface area contributed by atoms with Crippen molar-refractivity contribution < 1.29 is 31.1 Å². The van der Waals surface area contributed by atoms with Crippen LogP contribution in [0.15, 0.2) is 52.3 Å². The third-order valence-electron chi connectivity index (χ3n) is 4.02. The van der Waals surface area contributed by atoms with Crippen LogP contribution in [0.25, 0.3) is 0 Å². The second-order valence-electron chi connectivity index (χ2n) is 6.18. The maximum Gasteiger partial charge on any atom is 0.266 e. The van der Waals surface area contributed by atoms with Crippen molar-refractivity contribution in [1.29, 1.82) is 0 Å². The Hall–Kier alpha value is -2.67. The molecule has 12 heteroatoms. The first-order valence-electron chi connectivity index (χ1n) is 8.36. The van der Waals surface area contributed by atoms with Crippen molar-refractivity contribution in [2.75, 3.05) is 27.3 Å². The first-order chi connectivity index (χ1) is 13.6. The van der Waals surface area contributed by atoms with Crippen LogP contribution in [-0.2, 0) is 20.0 Å². The fourth-order valence-corrected chi connectivity index (χ4v) is 4.17. The van der Waals surface area contributed by atoms with Crippen LogP contribution in [0.1, 0.15) is 10.4 Å². The molecule has 1 aliphatic heterocycles. The number of benzene rings is 2. The number of rotatable bonds is 6. The zero-order valence-electron chi connectivity index (χ0n) is 15.6. The molecule has 0 saturated carbocycles. The topological polar surface area (TPSA) is 131 Å². The van der Waals surface area contributed by atoms with Crippen LogP contribution in [-0.4, -0.2) is 54.4 Å². The van der Waals surface area contributed by atoms with Crippen molar-refractivity contribution in [2.45, 2.75) is 9.79 Å². The first kappa shape index (κ1) is 21.0. The number of ether oxygens (including phenoxy) is 2. The molecule has 10 nitrogen and oxygen atoms in total. The summed E-state index contributed by atoms with van der Waals surface area (Å²) in [7, 11) is -5.05. The molecule has 0 saturated heterocycles. The molecule has 0 spiro atoms.